The van der Waals surface area contributed by atoms with Gasteiger partial charge in [-0.05, 0) is 29.7 Å². The lowest BCUT2D eigenvalue weighted by molar-refractivity contribution is 0.0950. The summed E-state index contributed by atoms with van der Waals surface area (Å²) >= 11 is 3.54. The minimum Gasteiger partial charge on any atom is -0.360 e. The van der Waals surface area contributed by atoms with E-state index >= 15 is 0 Å². The van der Waals surface area contributed by atoms with Crippen LogP contribution >= 0.6 is 15.9 Å². The topological polar surface area (TPSA) is 32.9 Å². The van der Waals surface area contributed by atoms with Crippen molar-refractivity contribution in [1.29, 1.82) is 0 Å². The molecule has 0 bridgehead atoms. The van der Waals surface area contributed by atoms with Crippen LogP contribution in [-0.2, 0) is 6.42 Å². The molecule has 2 aromatic carbocycles. The first-order valence-corrected chi connectivity index (χ1v) is 7.42. The Morgan fingerprint density at radius 1 is 1.15 bits per heavy atom. The zero-order valence-corrected chi connectivity index (χ0v) is 12.3. The van der Waals surface area contributed by atoms with E-state index in [9.17, 15) is 4.79 Å². The summed E-state index contributed by atoms with van der Waals surface area (Å²) < 4.78 is 0.965. The highest BCUT2D eigenvalue weighted by Crippen LogP contribution is 2.39. The highest BCUT2D eigenvalue weighted by atomic mass is 79.9. The number of rotatable bonds is 2. The Hall–Kier alpha value is -1.87. The van der Waals surface area contributed by atoms with E-state index in [4.69, 9.17) is 0 Å². The van der Waals surface area contributed by atoms with E-state index in [0.717, 1.165) is 27.4 Å². The number of fused-ring (bicyclic) bond motifs is 2. The molecule has 3 heteroatoms. The Bertz CT molecular complexity index is 834. The van der Waals surface area contributed by atoms with Gasteiger partial charge in [0.2, 0.25) is 0 Å². The van der Waals surface area contributed by atoms with E-state index in [0.29, 0.717) is 0 Å². The predicted molar refractivity (Wildman–Crippen MR) is 83.2 cm³/mol. The van der Waals surface area contributed by atoms with E-state index in [1.807, 2.05) is 36.5 Å². The van der Waals surface area contributed by atoms with Crippen molar-refractivity contribution in [2.24, 2.45) is 0 Å². The van der Waals surface area contributed by atoms with E-state index in [2.05, 4.69) is 33.0 Å². The Labute approximate surface area is 124 Å². The summed E-state index contributed by atoms with van der Waals surface area (Å²) in [5.41, 5.74) is 4.26. The number of hydrogen-bond donors (Lipinski definition) is 1. The number of carbonyl (C=O) groups excluding carboxylic acids is 1. The zero-order chi connectivity index (χ0) is 13.7. The van der Waals surface area contributed by atoms with Crippen molar-refractivity contribution in [1.82, 2.24) is 4.98 Å². The van der Waals surface area contributed by atoms with Crippen molar-refractivity contribution in [2.45, 2.75) is 12.3 Å². The van der Waals surface area contributed by atoms with Crippen LogP contribution in [-0.4, -0.2) is 10.8 Å². The quantitative estimate of drug-likeness (QED) is 0.693. The van der Waals surface area contributed by atoms with Gasteiger partial charge >= 0.3 is 0 Å². The predicted octanol–water partition coefficient (Wildman–Crippen LogP) is 4.45. The normalized spacial score (nSPS) is 16.8. The van der Waals surface area contributed by atoms with Gasteiger partial charge in [0.15, 0.2) is 5.78 Å². The van der Waals surface area contributed by atoms with Gasteiger partial charge in [-0.1, -0.05) is 46.3 Å². The molecule has 2 nitrogen and oxygen atoms in total. The molecule has 1 aromatic heterocycles. The standard InChI is InChI=1S/C17H12BrNO/c18-14-6-3-7-15-16(14)13(9-19-15)17(20)12-8-10-4-1-2-5-11(10)12/h1-7,9,12,19H,8H2. The fourth-order valence-corrected chi connectivity index (χ4v) is 3.59. The van der Waals surface area contributed by atoms with Gasteiger partial charge in [0.1, 0.15) is 0 Å². The molecule has 1 heterocycles. The lowest BCUT2D eigenvalue weighted by Gasteiger charge is -2.28. The second-order valence-corrected chi connectivity index (χ2v) is 6.04. The smallest absolute Gasteiger partial charge is 0.172 e. The van der Waals surface area contributed by atoms with Crippen LogP contribution in [0.25, 0.3) is 10.9 Å². The molecule has 0 radical (unpaired) electrons. The van der Waals surface area contributed by atoms with Crippen molar-refractivity contribution >= 4 is 32.6 Å². The molecule has 1 unspecified atom stereocenters. The van der Waals surface area contributed by atoms with Gasteiger partial charge in [0, 0.05) is 27.1 Å². The number of ketones is 1. The summed E-state index contributed by atoms with van der Waals surface area (Å²) in [6.07, 6.45) is 2.69. The van der Waals surface area contributed by atoms with Crippen LogP contribution < -0.4 is 0 Å². The third kappa shape index (κ3) is 1.59. The molecule has 1 aliphatic rings. The molecule has 0 saturated heterocycles. The summed E-state index contributed by atoms with van der Waals surface area (Å²) in [4.78, 5) is 16.0. The van der Waals surface area contributed by atoms with E-state index in [1.54, 1.807) is 0 Å². The minimum atomic E-state index is 0.0114. The molecule has 1 atom stereocenters. The summed E-state index contributed by atoms with van der Waals surface area (Å²) in [5, 5.41) is 0.988. The maximum Gasteiger partial charge on any atom is 0.172 e. The number of hydrogen-bond acceptors (Lipinski definition) is 1. The van der Waals surface area contributed by atoms with E-state index in [1.165, 1.54) is 11.1 Å². The van der Waals surface area contributed by atoms with Crippen LogP contribution in [0.2, 0.25) is 0 Å². The fraction of sp³-hybridized carbons (Fsp3) is 0.118. The number of nitrogens with one attached hydrogen (secondary N) is 1. The van der Waals surface area contributed by atoms with Crippen LogP contribution in [0.1, 0.15) is 27.4 Å². The van der Waals surface area contributed by atoms with Gasteiger partial charge in [-0.3, -0.25) is 4.79 Å². The van der Waals surface area contributed by atoms with Gasteiger partial charge in [0.25, 0.3) is 0 Å². The number of carbonyl (C=O) groups is 1. The largest absolute Gasteiger partial charge is 0.360 e. The first-order valence-electron chi connectivity index (χ1n) is 6.63. The van der Waals surface area contributed by atoms with Crippen molar-refractivity contribution in [3.05, 3.63) is 69.8 Å². The van der Waals surface area contributed by atoms with E-state index < -0.39 is 0 Å². The highest BCUT2D eigenvalue weighted by Gasteiger charge is 2.33. The SMILES string of the molecule is O=C(c1c[nH]c2cccc(Br)c12)C1Cc2ccccc21. The third-order valence-corrected chi connectivity index (χ3v) is 4.75. The van der Waals surface area contributed by atoms with Crippen LogP contribution in [0, 0.1) is 0 Å². The Morgan fingerprint density at radius 3 is 2.85 bits per heavy atom. The van der Waals surface area contributed by atoms with Crippen molar-refractivity contribution in [3.63, 3.8) is 0 Å². The monoisotopic (exact) mass is 325 g/mol. The molecule has 1 N–H and O–H groups in total. The average molecular weight is 326 g/mol. The lowest BCUT2D eigenvalue weighted by Crippen LogP contribution is -2.25. The van der Waals surface area contributed by atoms with Crippen molar-refractivity contribution in [2.75, 3.05) is 0 Å². The Balaban J connectivity index is 1.80. The molecule has 0 spiro atoms. The molecular formula is C17H12BrNO. The molecule has 98 valence electrons. The number of Topliss-reactive ketones (excluding diaryl/α,β-unsaturated/α-hetero) is 1. The number of halogens is 1. The van der Waals surface area contributed by atoms with Crippen molar-refractivity contribution in [3.8, 4) is 0 Å². The second kappa shape index (κ2) is 4.32. The van der Waals surface area contributed by atoms with Crippen LogP contribution in [0.4, 0.5) is 0 Å². The third-order valence-electron chi connectivity index (χ3n) is 4.09. The van der Waals surface area contributed by atoms with Gasteiger partial charge in [-0.25, -0.2) is 0 Å². The first-order chi connectivity index (χ1) is 9.75. The summed E-state index contributed by atoms with van der Waals surface area (Å²) in [6.45, 7) is 0. The van der Waals surface area contributed by atoms with Gasteiger partial charge in [-0.2, -0.15) is 0 Å². The zero-order valence-electron chi connectivity index (χ0n) is 10.7. The number of aromatic nitrogens is 1. The second-order valence-electron chi connectivity index (χ2n) is 5.18. The molecule has 20 heavy (non-hydrogen) atoms. The number of benzene rings is 2. The first kappa shape index (κ1) is 11.9. The van der Waals surface area contributed by atoms with E-state index in [-0.39, 0.29) is 11.7 Å². The summed E-state index contributed by atoms with van der Waals surface area (Å²) in [5.74, 6) is 0.221. The van der Waals surface area contributed by atoms with Gasteiger partial charge in [-0.15, -0.1) is 0 Å². The Morgan fingerprint density at radius 2 is 2.00 bits per heavy atom. The molecular weight excluding hydrogens is 314 g/mol. The fourth-order valence-electron chi connectivity index (χ4n) is 3.02. The lowest BCUT2D eigenvalue weighted by atomic mass is 9.74. The molecule has 0 aliphatic heterocycles. The summed E-state index contributed by atoms with van der Waals surface area (Å²) in [7, 11) is 0. The maximum atomic E-state index is 12.8. The van der Waals surface area contributed by atoms with Crippen LogP contribution in [0.15, 0.2) is 53.1 Å². The highest BCUT2D eigenvalue weighted by molar-refractivity contribution is 9.10. The molecule has 0 saturated carbocycles. The number of aromatic amines is 1. The molecule has 1 aliphatic carbocycles. The average Bonchev–Trinajstić information content (AvgIpc) is 2.85. The van der Waals surface area contributed by atoms with Crippen molar-refractivity contribution < 1.29 is 4.79 Å². The molecule has 4 rings (SSSR count). The van der Waals surface area contributed by atoms with Crippen LogP contribution in [0.5, 0.6) is 0 Å². The number of H-pyrrole nitrogens is 1. The molecule has 3 aromatic rings. The maximum absolute atomic E-state index is 12.8. The molecule has 0 amide bonds. The molecule has 0 fully saturated rings. The minimum absolute atomic E-state index is 0.0114. The van der Waals surface area contributed by atoms with Gasteiger partial charge in [0.05, 0.1) is 5.92 Å². The Kier molecular flexibility index (Phi) is 2.57. The summed E-state index contributed by atoms with van der Waals surface area (Å²) in [6, 6.07) is 14.1. The van der Waals surface area contributed by atoms with Crippen LogP contribution in [0.3, 0.4) is 0 Å². The van der Waals surface area contributed by atoms with Gasteiger partial charge < -0.3 is 4.98 Å².